The third-order valence-corrected chi connectivity index (χ3v) is 3.66. The van der Waals surface area contributed by atoms with E-state index in [0.29, 0.717) is 0 Å². The first kappa shape index (κ1) is 12.2. The van der Waals surface area contributed by atoms with E-state index in [0.717, 1.165) is 33.4 Å². The number of imidazole rings is 1. The second kappa shape index (κ2) is 4.70. The van der Waals surface area contributed by atoms with E-state index in [1.807, 2.05) is 36.4 Å². The van der Waals surface area contributed by atoms with Crippen molar-refractivity contribution in [2.75, 3.05) is 0 Å². The summed E-state index contributed by atoms with van der Waals surface area (Å²) in [5, 5.41) is 10.1. The van der Waals surface area contributed by atoms with Crippen molar-refractivity contribution in [2.24, 2.45) is 0 Å². The Morgan fingerprint density at radius 3 is 2.74 bits per heavy atom. The number of aromatic nitrogens is 2. The van der Waals surface area contributed by atoms with E-state index < -0.39 is 0 Å². The molecule has 4 heteroatoms. The van der Waals surface area contributed by atoms with Gasteiger partial charge in [0.1, 0.15) is 11.6 Å². The summed E-state index contributed by atoms with van der Waals surface area (Å²) in [5.74, 6) is 1.04. The molecule has 0 saturated heterocycles. The second-order valence-corrected chi connectivity index (χ2v) is 5.25. The number of benzene rings is 2. The van der Waals surface area contributed by atoms with Gasteiger partial charge in [-0.15, -0.1) is 0 Å². The zero-order valence-corrected chi connectivity index (χ0v) is 12.1. The van der Waals surface area contributed by atoms with Gasteiger partial charge in [-0.3, -0.25) is 0 Å². The Morgan fingerprint density at radius 1 is 1.21 bits per heavy atom. The van der Waals surface area contributed by atoms with Crippen molar-refractivity contribution in [2.45, 2.75) is 13.5 Å². The van der Waals surface area contributed by atoms with Gasteiger partial charge in [0.2, 0.25) is 0 Å². The maximum atomic E-state index is 10.1. The van der Waals surface area contributed by atoms with Crippen LogP contribution in [0.3, 0.4) is 0 Å². The Balaban J connectivity index is 2.30. The fourth-order valence-corrected chi connectivity index (χ4v) is 2.64. The van der Waals surface area contributed by atoms with Crippen LogP contribution in [0, 0.1) is 0 Å². The molecule has 0 bridgehead atoms. The molecule has 1 N–H and O–H groups in total. The SMILES string of the molecule is CCn1c(-c2ccc(Br)cc2O)nc2ccccc21. The van der Waals surface area contributed by atoms with Gasteiger partial charge in [0.25, 0.3) is 0 Å². The Bertz CT molecular complexity index is 749. The first-order chi connectivity index (χ1) is 9.20. The molecular formula is C15H13BrN2O. The van der Waals surface area contributed by atoms with Gasteiger partial charge in [-0.1, -0.05) is 28.1 Å². The molecule has 3 nitrogen and oxygen atoms in total. The van der Waals surface area contributed by atoms with E-state index in [9.17, 15) is 5.11 Å². The smallest absolute Gasteiger partial charge is 0.144 e. The van der Waals surface area contributed by atoms with Crippen LogP contribution in [0.25, 0.3) is 22.4 Å². The predicted molar refractivity (Wildman–Crippen MR) is 80.2 cm³/mol. The number of rotatable bonds is 2. The molecule has 3 rings (SSSR count). The summed E-state index contributed by atoms with van der Waals surface area (Å²) in [6, 6.07) is 13.5. The summed E-state index contributed by atoms with van der Waals surface area (Å²) in [5.41, 5.74) is 2.78. The van der Waals surface area contributed by atoms with Crippen molar-refractivity contribution < 1.29 is 5.11 Å². The summed E-state index contributed by atoms with van der Waals surface area (Å²) >= 11 is 3.35. The van der Waals surface area contributed by atoms with Gasteiger partial charge in [-0.25, -0.2) is 4.98 Å². The Kier molecular flexibility index (Phi) is 3.03. The van der Waals surface area contributed by atoms with Crippen LogP contribution in [-0.4, -0.2) is 14.7 Å². The number of halogens is 1. The highest BCUT2D eigenvalue weighted by atomic mass is 79.9. The minimum atomic E-state index is 0.236. The molecular weight excluding hydrogens is 304 g/mol. The lowest BCUT2D eigenvalue weighted by molar-refractivity contribution is 0.476. The summed E-state index contributed by atoms with van der Waals surface area (Å²) in [4.78, 5) is 4.63. The van der Waals surface area contributed by atoms with Gasteiger partial charge < -0.3 is 9.67 Å². The number of para-hydroxylation sites is 2. The van der Waals surface area contributed by atoms with Gasteiger partial charge >= 0.3 is 0 Å². The molecule has 0 fully saturated rings. The molecule has 0 spiro atoms. The highest BCUT2D eigenvalue weighted by molar-refractivity contribution is 9.10. The predicted octanol–water partition coefficient (Wildman–Crippen LogP) is 4.19. The number of hydrogen-bond donors (Lipinski definition) is 1. The van der Waals surface area contributed by atoms with Gasteiger partial charge in [0, 0.05) is 11.0 Å². The number of phenolic OH excluding ortho intramolecular Hbond substituents is 1. The Morgan fingerprint density at radius 2 is 2.00 bits per heavy atom. The van der Waals surface area contributed by atoms with Crippen LogP contribution >= 0.6 is 15.9 Å². The van der Waals surface area contributed by atoms with E-state index in [1.54, 1.807) is 6.07 Å². The number of aryl methyl sites for hydroxylation is 1. The van der Waals surface area contributed by atoms with E-state index in [2.05, 4.69) is 32.4 Å². The lowest BCUT2D eigenvalue weighted by atomic mass is 10.2. The van der Waals surface area contributed by atoms with Crippen LogP contribution in [0.2, 0.25) is 0 Å². The van der Waals surface area contributed by atoms with Crippen LogP contribution in [-0.2, 0) is 6.54 Å². The maximum absolute atomic E-state index is 10.1. The fourth-order valence-electron chi connectivity index (χ4n) is 2.30. The van der Waals surface area contributed by atoms with Gasteiger partial charge in [0.15, 0.2) is 0 Å². The van der Waals surface area contributed by atoms with E-state index in [-0.39, 0.29) is 5.75 Å². The molecule has 0 unspecified atom stereocenters. The van der Waals surface area contributed by atoms with Crippen LogP contribution in [0.5, 0.6) is 5.75 Å². The van der Waals surface area contributed by atoms with E-state index in [1.165, 1.54) is 0 Å². The maximum Gasteiger partial charge on any atom is 0.144 e. The van der Waals surface area contributed by atoms with Crippen molar-refractivity contribution in [3.05, 3.63) is 46.9 Å². The lowest BCUT2D eigenvalue weighted by Crippen LogP contribution is -1.97. The first-order valence-electron chi connectivity index (χ1n) is 6.15. The Labute approximate surface area is 119 Å². The molecule has 0 radical (unpaired) electrons. The number of hydrogen-bond acceptors (Lipinski definition) is 2. The molecule has 0 saturated carbocycles. The molecule has 0 aliphatic carbocycles. The number of phenols is 1. The third kappa shape index (κ3) is 2.02. The van der Waals surface area contributed by atoms with E-state index >= 15 is 0 Å². The number of nitrogens with zero attached hydrogens (tertiary/aromatic N) is 2. The van der Waals surface area contributed by atoms with Crippen LogP contribution in [0.4, 0.5) is 0 Å². The van der Waals surface area contributed by atoms with Crippen LogP contribution in [0.15, 0.2) is 46.9 Å². The number of fused-ring (bicyclic) bond motifs is 1. The highest BCUT2D eigenvalue weighted by Crippen LogP contribution is 2.33. The van der Waals surface area contributed by atoms with Crippen molar-refractivity contribution >= 4 is 27.0 Å². The van der Waals surface area contributed by atoms with Gasteiger partial charge in [-0.05, 0) is 37.3 Å². The van der Waals surface area contributed by atoms with Crippen molar-refractivity contribution in [1.29, 1.82) is 0 Å². The second-order valence-electron chi connectivity index (χ2n) is 4.33. The number of aromatic hydroxyl groups is 1. The summed E-state index contributed by atoms with van der Waals surface area (Å²) in [6.07, 6.45) is 0. The fraction of sp³-hybridized carbons (Fsp3) is 0.133. The van der Waals surface area contributed by atoms with Crippen molar-refractivity contribution in [3.8, 4) is 17.1 Å². The average molecular weight is 317 g/mol. The topological polar surface area (TPSA) is 38.0 Å². The molecule has 0 atom stereocenters. The van der Waals surface area contributed by atoms with Crippen molar-refractivity contribution in [1.82, 2.24) is 9.55 Å². The molecule has 19 heavy (non-hydrogen) atoms. The van der Waals surface area contributed by atoms with Gasteiger partial charge in [-0.2, -0.15) is 0 Å². The largest absolute Gasteiger partial charge is 0.507 e. The molecule has 0 amide bonds. The molecule has 3 aromatic rings. The normalized spacial score (nSPS) is 11.1. The Hall–Kier alpha value is -1.81. The standard InChI is InChI=1S/C15H13BrN2O/c1-2-18-13-6-4-3-5-12(13)17-15(18)11-8-7-10(16)9-14(11)19/h3-9,19H,2H2,1H3. The summed E-state index contributed by atoms with van der Waals surface area (Å²) in [7, 11) is 0. The molecule has 1 aromatic heterocycles. The molecule has 1 heterocycles. The minimum Gasteiger partial charge on any atom is -0.507 e. The lowest BCUT2D eigenvalue weighted by Gasteiger charge is -2.08. The molecule has 2 aromatic carbocycles. The minimum absolute atomic E-state index is 0.236. The molecule has 0 aliphatic rings. The quantitative estimate of drug-likeness (QED) is 0.769. The highest BCUT2D eigenvalue weighted by Gasteiger charge is 2.14. The first-order valence-corrected chi connectivity index (χ1v) is 6.94. The van der Waals surface area contributed by atoms with Crippen molar-refractivity contribution in [3.63, 3.8) is 0 Å². The summed E-state index contributed by atoms with van der Waals surface area (Å²) < 4.78 is 2.96. The zero-order valence-electron chi connectivity index (χ0n) is 10.5. The van der Waals surface area contributed by atoms with Crippen LogP contribution in [0.1, 0.15) is 6.92 Å². The zero-order chi connectivity index (χ0) is 13.4. The van der Waals surface area contributed by atoms with E-state index in [4.69, 9.17) is 0 Å². The average Bonchev–Trinajstić information content (AvgIpc) is 2.76. The van der Waals surface area contributed by atoms with Crippen LogP contribution < -0.4 is 0 Å². The molecule has 96 valence electrons. The summed E-state index contributed by atoms with van der Waals surface area (Å²) in [6.45, 7) is 2.89. The monoisotopic (exact) mass is 316 g/mol. The molecule has 0 aliphatic heterocycles. The third-order valence-electron chi connectivity index (χ3n) is 3.17. The van der Waals surface area contributed by atoms with Gasteiger partial charge in [0.05, 0.1) is 16.6 Å².